The van der Waals surface area contributed by atoms with Gasteiger partial charge in [0.1, 0.15) is 0 Å². The summed E-state index contributed by atoms with van der Waals surface area (Å²) in [7, 11) is 3.38. The minimum atomic E-state index is -1.15. The summed E-state index contributed by atoms with van der Waals surface area (Å²) in [5.41, 5.74) is 0. The zero-order chi connectivity index (χ0) is 9.78. The van der Waals surface area contributed by atoms with Gasteiger partial charge in [0.2, 0.25) is 0 Å². The summed E-state index contributed by atoms with van der Waals surface area (Å²) in [5, 5.41) is 0. The van der Waals surface area contributed by atoms with Crippen LogP contribution in [0.15, 0.2) is 0 Å². The molecule has 0 amide bonds. The van der Waals surface area contributed by atoms with Gasteiger partial charge in [-0.25, -0.2) is 0 Å². The zero-order valence-corrected chi connectivity index (χ0v) is 13.8. The zero-order valence-electron chi connectivity index (χ0n) is 8.35. The van der Waals surface area contributed by atoms with Gasteiger partial charge in [-0.05, 0) is 0 Å². The Balaban J connectivity index is 3.28. The first-order valence-corrected chi connectivity index (χ1v) is 9.81. The summed E-state index contributed by atoms with van der Waals surface area (Å²) >= 11 is -1.15. The van der Waals surface area contributed by atoms with Crippen molar-refractivity contribution in [3.63, 3.8) is 0 Å². The van der Waals surface area contributed by atoms with Crippen molar-refractivity contribution in [3.8, 4) is 18.7 Å². The van der Waals surface area contributed by atoms with Crippen molar-refractivity contribution in [3.05, 3.63) is 0 Å². The van der Waals surface area contributed by atoms with Gasteiger partial charge in [-0.1, -0.05) is 0 Å². The molecule has 0 spiro atoms. The molecule has 2 nitrogen and oxygen atoms in total. The maximum absolute atomic E-state index is 4.87. The summed E-state index contributed by atoms with van der Waals surface area (Å²) in [6, 6.07) is 0. The molecule has 0 aromatic carbocycles. The molecule has 68 valence electrons. The molecular weight excluding hydrogens is 353 g/mol. The molecule has 13 heavy (non-hydrogen) atoms. The monoisotopic (exact) mass is 368 g/mol. The second kappa shape index (κ2) is 12.0. The van der Waals surface area contributed by atoms with Crippen LogP contribution in [0, 0.1) is 18.7 Å². The molecule has 0 aliphatic rings. The third kappa shape index (κ3) is 12.0. The number of hydrogen-bond acceptors (Lipinski definition) is 2. The summed E-state index contributed by atoms with van der Waals surface area (Å²) in [6.45, 7) is 1.47. The van der Waals surface area contributed by atoms with E-state index >= 15 is 0 Å². The molecule has 0 aliphatic carbocycles. The van der Waals surface area contributed by atoms with Crippen LogP contribution in [0.25, 0.3) is 0 Å². The average molecular weight is 367 g/mol. The van der Waals surface area contributed by atoms with Crippen LogP contribution in [0.4, 0.5) is 0 Å². The van der Waals surface area contributed by atoms with Crippen LogP contribution in [-0.4, -0.2) is 27.4 Å². The van der Waals surface area contributed by atoms with Crippen LogP contribution in [0.5, 0.6) is 0 Å². The van der Waals surface area contributed by atoms with E-state index in [2.05, 4.69) is 18.7 Å². The third-order valence-corrected chi connectivity index (χ3v) is 4.61. The van der Waals surface area contributed by atoms with Crippen molar-refractivity contribution in [2.45, 2.75) is 12.8 Å². The molecule has 0 saturated heterocycles. The number of rotatable bonds is 4. The van der Waals surface area contributed by atoms with Crippen LogP contribution in [0.3, 0.4) is 0 Å². The van der Waals surface area contributed by atoms with E-state index in [4.69, 9.17) is 9.47 Å². The summed E-state index contributed by atoms with van der Waals surface area (Å²) < 4.78 is 16.1. The Morgan fingerprint density at radius 1 is 0.923 bits per heavy atom. The van der Waals surface area contributed by atoms with E-state index in [1.807, 2.05) is 0 Å². The fourth-order valence-electron chi connectivity index (χ4n) is 0.652. The molecule has 0 N–H and O–H groups in total. The van der Waals surface area contributed by atoms with Crippen molar-refractivity contribution in [1.82, 2.24) is 0 Å². The van der Waals surface area contributed by atoms with Gasteiger partial charge in [-0.15, -0.1) is 0 Å². The number of ether oxygens (including phenoxy) is 2. The Morgan fingerprint density at radius 2 is 1.38 bits per heavy atom. The van der Waals surface area contributed by atoms with E-state index in [0.717, 1.165) is 26.1 Å². The van der Waals surface area contributed by atoms with E-state index < -0.39 is 24.6 Å². The second-order valence-corrected chi connectivity index (χ2v) is 6.49. The molecular formula is C10H14HgO2. The Hall–Kier alpha value is -0.0249. The molecule has 0 aliphatic heterocycles. The molecule has 0 fully saturated rings. The molecule has 0 heterocycles. The van der Waals surface area contributed by atoms with E-state index in [0.29, 0.717) is 0 Å². The van der Waals surface area contributed by atoms with Gasteiger partial charge in [-0.2, -0.15) is 0 Å². The quantitative estimate of drug-likeness (QED) is 0.421. The normalized spacial score (nSPS) is 7.54. The second-order valence-electron chi connectivity index (χ2n) is 2.37. The minimum absolute atomic E-state index is 0.734. The average Bonchev–Trinajstić information content (AvgIpc) is 2.16. The topological polar surface area (TPSA) is 18.5 Å². The Bertz CT molecular complexity index is 193. The van der Waals surface area contributed by atoms with Crippen molar-refractivity contribution >= 4 is 0 Å². The molecule has 0 atom stereocenters. The predicted molar refractivity (Wildman–Crippen MR) is 48.5 cm³/mol. The van der Waals surface area contributed by atoms with Gasteiger partial charge in [0.25, 0.3) is 0 Å². The molecule has 0 aromatic rings. The summed E-state index contributed by atoms with van der Waals surface area (Å²) in [4.78, 5) is 0. The van der Waals surface area contributed by atoms with E-state index in [-0.39, 0.29) is 0 Å². The van der Waals surface area contributed by atoms with Gasteiger partial charge in [-0.3, -0.25) is 0 Å². The molecule has 0 unspecified atom stereocenters. The van der Waals surface area contributed by atoms with Gasteiger partial charge in [0.05, 0.1) is 0 Å². The van der Waals surface area contributed by atoms with Crippen molar-refractivity contribution in [2.75, 3.05) is 27.4 Å². The van der Waals surface area contributed by atoms with Crippen molar-refractivity contribution in [1.29, 1.82) is 0 Å². The van der Waals surface area contributed by atoms with Crippen molar-refractivity contribution < 1.29 is 34.0 Å². The molecule has 3 heteroatoms. The SMILES string of the molecule is COCCC#[C][Hg][C]#CCCOC. The van der Waals surface area contributed by atoms with E-state index in [9.17, 15) is 0 Å². The summed E-state index contributed by atoms with van der Waals surface area (Å²) in [6.07, 6.45) is 1.69. The van der Waals surface area contributed by atoms with E-state index in [1.165, 1.54) is 0 Å². The van der Waals surface area contributed by atoms with Gasteiger partial charge in [0, 0.05) is 0 Å². The van der Waals surface area contributed by atoms with Crippen molar-refractivity contribution in [2.24, 2.45) is 0 Å². The van der Waals surface area contributed by atoms with Gasteiger partial charge >= 0.3 is 93.0 Å². The van der Waals surface area contributed by atoms with E-state index in [1.54, 1.807) is 14.2 Å². The maximum atomic E-state index is 4.87. The fourth-order valence-corrected chi connectivity index (χ4v) is 3.34. The first kappa shape index (κ1) is 13.0. The van der Waals surface area contributed by atoms with Crippen LogP contribution < -0.4 is 0 Å². The van der Waals surface area contributed by atoms with Crippen LogP contribution >= 0.6 is 0 Å². The van der Waals surface area contributed by atoms with Crippen LogP contribution in [0.1, 0.15) is 12.8 Å². The van der Waals surface area contributed by atoms with Gasteiger partial charge < -0.3 is 0 Å². The Labute approximate surface area is 92.8 Å². The number of methoxy groups -OCH3 is 2. The standard InChI is InChI=1S/2C5H7O.Hg/c2*1-3-4-5-6-2;/h2*4-5H2,2H3;. The third-order valence-electron chi connectivity index (χ3n) is 1.29. The molecule has 0 rings (SSSR count). The fraction of sp³-hybridized carbons (Fsp3) is 0.600. The first-order chi connectivity index (χ1) is 6.41. The van der Waals surface area contributed by atoms with Crippen LogP contribution in [-0.2, 0) is 34.0 Å². The summed E-state index contributed by atoms with van der Waals surface area (Å²) in [5.74, 6) is 6.13. The van der Waals surface area contributed by atoms with Gasteiger partial charge in [0.15, 0.2) is 0 Å². The Kier molecular flexibility index (Phi) is 12.0. The Morgan fingerprint density at radius 3 is 1.77 bits per heavy atom. The molecule has 0 radical (unpaired) electrons. The number of hydrogen-bond donors (Lipinski definition) is 0. The molecule has 0 bridgehead atoms. The molecule has 0 saturated carbocycles. The van der Waals surface area contributed by atoms with Crippen LogP contribution in [0.2, 0.25) is 0 Å². The first-order valence-electron chi connectivity index (χ1n) is 4.31. The molecule has 0 aromatic heterocycles. The predicted octanol–water partition coefficient (Wildman–Crippen LogP) is 1.06.